The van der Waals surface area contributed by atoms with E-state index in [-0.39, 0.29) is 12.5 Å². The van der Waals surface area contributed by atoms with Gasteiger partial charge in [-0.05, 0) is 31.4 Å². The summed E-state index contributed by atoms with van der Waals surface area (Å²) in [6, 6.07) is 7.31. The minimum absolute atomic E-state index is 0.0846. The van der Waals surface area contributed by atoms with E-state index >= 15 is 0 Å². The average Bonchev–Trinajstić information content (AvgIpc) is 2.48. The first-order valence-corrected chi connectivity index (χ1v) is 6.84. The zero-order valence-electron chi connectivity index (χ0n) is 11.9. The van der Waals surface area contributed by atoms with Gasteiger partial charge < -0.3 is 15.8 Å². The number of methoxy groups -OCH3 is 1. The first-order chi connectivity index (χ1) is 9.79. The van der Waals surface area contributed by atoms with Gasteiger partial charge in [-0.3, -0.25) is 4.79 Å². The third-order valence-electron chi connectivity index (χ3n) is 2.81. The summed E-state index contributed by atoms with van der Waals surface area (Å²) in [5.74, 6) is 5.61. The quantitative estimate of drug-likeness (QED) is 0.585. The number of amides is 1. The van der Waals surface area contributed by atoms with Crippen LogP contribution in [0.5, 0.6) is 0 Å². The molecule has 0 atom stereocenters. The highest BCUT2D eigenvalue weighted by atomic mass is 16.5. The van der Waals surface area contributed by atoms with Gasteiger partial charge >= 0.3 is 0 Å². The van der Waals surface area contributed by atoms with Gasteiger partial charge in [0.05, 0.1) is 12.1 Å². The predicted molar refractivity (Wildman–Crippen MR) is 80.4 cm³/mol. The number of carbonyl (C=O) groups is 1. The molecule has 0 radical (unpaired) electrons. The molecule has 0 aliphatic carbocycles. The van der Waals surface area contributed by atoms with Crippen LogP contribution in [-0.4, -0.2) is 32.7 Å². The Bertz CT molecular complexity index is 475. The molecule has 0 bridgehead atoms. The lowest BCUT2D eigenvalue weighted by Crippen LogP contribution is -2.25. The van der Waals surface area contributed by atoms with Gasteiger partial charge in [-0.15, -0.1) is 0 Å². The van der Waals surface area contributed by atoms with E-state index in [2.05, 4.69) is 17.2 Å². The molecule has 1 aromatic rings. The largest absolute Gasteiger partial charge is 0.385 e. The molecule has 3 N–H and O–H groups in total. The molecule has 108 valence electrons. The van der Waals surface area contributed by atoms with Gasteiger partial charge in [-0.1, -0.05) is 24.0 Å². The average molecular weight is 274 g/mol. The van der Waals surface area contributed by atoms with Crippen molar-refractivity contribution in [2.75, 3.05) is 26.8 Å². The fourth-order valence-electron chi connectivity index (χ4n) is 1.78. The van der Waals surface area contributed by atoms with Crippen molar-refractivity contribution in [2.24, 2.45) is 5.73 Å². The lowest BCUT2D eigenvalue weighted by atomic mass is 10.1. The summed E-state index contributed by atoms with van der Waals surface area (Å²) in [5, 5.41) is 2.91. The number of nitrogens with one attached hydrogen (secondary N) is 1. The van der Waals surface area contributed by atoms with E-state index < -0.39 is 0 Å². The fourth-order valence-corrected chi connectivity index (χ4v) is 1.78. The molecule has 1 aromatic carbocycles. The van der Waals surface area contributed by atoms with Crippen LogP contribution in [0.25, 0.3) is 0 Å². The van der Waals surface area contributed by atoms with E-state index in [1.54, 1.807) is 13.2 Å². The predicted octanol–water partition coefficient (Wildman–Crippen LogP) is 1.54. The summed E-state index contributed by atoms with van der Waals surface area (Å²) >= 11 is 0. The summed E-state index contributed by atoms with van der Waals surface area (Å²) < 4.78 is 4.98. The maximum atomic E-state index is 12.1. The van der Waals surface area contributed by atoms with Gasteiger partial charge in [-0.25, -0.2) is 0 Å². The molecule has 4 nitrogen and oxygen atoms in total. The Morgan fingerprint density at radius 1 is 1.30 bits per heavy atom. The highest BCUT2D eigenvalue weighted by Gasteiger charge is 2.08. The second-order valence-electron chi connectivity index (χ2n) is 4.36. The van der Waals surface area contributed by atoms with Crippen molar-refractivity contribution in [1.82, 2.24) is 5.32 Å². The van der Waals surface area contributed by atoms with Crippen LogP contribution >= 0.6 is 0 Å². The second kappa shape index (κ2) is 10.0. The molecule has 0 unspecified atom stereocenters. The van der Waals surface area contributed by atoms with Crippen molar-refractivity contribution in [3.63, 3.8) is 0 Å². The van der Waals surface area contributed by atoms with Gasteiger partial charge in [0.25, 0.3) is 5.91 Å². The van der Waals surface area contributed by atoms with Crippen molar-refractivity contribution < 1.29 is 9.53 Å². The van der Waals surface area contributed by atoms with Crippen molar-refractivity contribution >= 4 is 5.91 Å². The molecule has 4 heteroatoms. The number of carbonyl (C=O) groups excluding carboxylic acids is 1. The maximum absolute atomic E-state index is 12.1. The number of rotatable bonds is 7. The number of ether oxygens (including phenoxy) is 1. The van der Waals surface area contributed by atoms with E-state index in [4.69, 9.17) is 10.5 Å². The van der Waals surface area contributed by atoms with Crippen LogP contribution in [0, 0.1) is 11.8 Å². The molecule has 0 aliphatic rings. The third kappa shape index (κ3) is 5.87. The van der Waals surface area contributed by atoms with E-state index in [9.17, 15) is 4.79 Å². The molecule has 0 saturated heterocycles. The van der Waals surface area contributed by atoms with Crippen molar-refractivity contribution in [1.29, 1.82) is 0 Å². The second-order valence-corrected chi connectivity index (χ2v) is 4.36. The van der Waals surface area contributed by atoms with E-state index in [0.29, 0.717) is 12.1 Å². The Balaban J connectivity index is 2.47. The molecular formula is C16H22N2O2. The van der Waals surface area contributed by atoms with Crippen LogP contribution < -0.4 is 11.1 Å². The first-order valence-electron chi connectivity index (χ1n) is 6.84. The molecule has 0 aromatic heterocycles. The smallest absolute Gasteiger partial charge is 0.252 e. The minimum Gasteiger partial charge on any atom is -0.385 e. The Labute approximate surface area is 120 Å². The molecule has 0 fully saturated rings. The number of hydrogen-bond acceptors (Lipinski definition) is 3. The molecule has 0 aliphatic heterocycles. The SMILES string of the molecule is COCCCCCNC(=O)c1ccccc1C#CCN. The van der Waals surface area contributed by atoms with Crippen LogP contribution in [0.4, 0.5) is 0 Å². The van der Waals surface area contributed by atoms with Gasteiger partial charge in [0.15, 0.2) is 0 Å². The maximum Gasteiger partial charge on any atom is 0.252 e. The van der Waals surface area contributed by atoms with Gasteiger partial charge in [-0.2, -0.15) is 0 Å². The highest BCUT2D eigenvalue weighted by Crippen LogP contribution is 2.07. The molecule has 0 saturated carbocycles. The summed E-state index contributed by atoms with van der Waals surface area (Å²) in [6.45, 7) is 1.72. The van der Waals surface area contributed by atoms with Crippen LogP contribution in [0.1, 0.15) is 35.2 Å². The molecule has 0 heterocycles. The molecule has 20 heavy (non-hydrogen) atoms. The summed E-state index contributed by atoms with van der Waals surface area (Å²) in [4.78, 5) is 12.1. The highest BCUT2D eigenvalue weighted by molar-refractivity contribution is 5.96. The first kappa shape index (κ1) is 16.2. The summed E-state index contributed by atoms with van der Waals surface area (Å²) in [6.07, 6.45) is 3.01. The fraction of sp³-hybridized carbons (Fsp3) is 0.438. The molecular weight excluding hydrogens is 252 g/mol. The van der Waals surface area contributed by atoms with Crippen LogP contribution in [0.3, 0.4) is 0 Å². The van der Waals surface area contributed by atoms with Gasteiger partial charge in [0, 0.05) is 25.8 Å². The normalized spacial score (nSPS) is 9.70. The van der Waals surface area contributed by atoms with Gasteiger partial charge in [0.2, 0.25) is 0 Å². The molecule has 1 rings (SSSR count). The van der Waals surface area contributed by atoms with Crippen molar-refractivity contribution in [3.8, 4) is 11.8 Å². The third-order valence-corrected chi connectivity index (χ3v) is 2.81. The van der Waals surface area contributed by atoms with Gasteiger partial charge in [0.1, 0.15) is 0 Å². The Hall–Kier alpha value is -1.83. The zero-order valence-corrected chi connectivity index (χ0v) is 11.9. The van der Waals surface area contributed by atoms with Crippen LogP contribution in [-0.2, 0) is 4.74 Å². The monoisotopic (exact) mass is 274 g/mol. The number of benzene rings is 1. The van der Waals surface area contributed by atoms with Crippen molar-refractivity contribution in [2.45, 2.75) is 19.3 Å². The summed E-state index contributed by atoms with van der Waals surface area (Å²) in [7, 11) is 1.70. The number of hydrogen-bond donors (Lipinski definition) is 2. The zero-order chi connectivity index (χ0) is 14.6. The summed E-state index contributed by atoms with van der Waals surface area (Å²) in [5.41, 5.74) is 6.68. The van der Waals surface area contributed by atoms with E-state index in [1.807, 2.05) is 18.2 Å². The minimum atomic E-state index is -0.0846. The molecule has 1 amide bonds. The molecule has 0 spiro atoms. The van der Waals surface area contributed by atoms with Crippen LogP contribution in [0.2, 0.25) is 0 Å². The number of nitrogens with two attached hydrogens (primary N) is 1. The Morgan fingerprint density at radius 2 is 2.10 bits per heavy atom. The van der Waals surface area contributed by atoms with E-state index in [0.717, 1.165) is 31.4 Å². The standard InChI is InChI=1S/C16H22N2O2/c1-20-13-6-2-5-12-18-16(19)15-10-4-3-8-14(15)9-7-11-17/h3-4,8,10H,2,5-6,11-13,17H2,1H3,(H,18,19). The number of unbranched alkanes of at least 4 members (excludes halogenated alkanes) is 2. The van der Waals surface area contributed by atoms with Crippen molar-refractivity contribution in [3.05, 3.63) is 35.4 Å². The van der Waals surface area contributed by atoms with E-state index in [1.165, 1.54) is 0 Å². The lowest BCUT2D eigenvalue weighted by Gasteiger charge is -2.07. The Kier molecular flexibility index (Phi) is 8.13. The lowest BCUT2D eigenvalue weighted by molar-refractivity contribution is 0.0952. The topological polar surface area (TPSA) is 64.3 Å². The van der Waals surface area contributed by atoms with Crippen LogP contribution in [0.15, 0.2) is 24.3 Å². The Morgan fingerprint density at radius 3 is 2.85 bits per heavy atom.